The van der Waals surface area contributed by atoms with Gasteiger partial charge in [-0.25, -0.2) is 4.39 Å². The Balaban J connectivity index is 1.52. The van der Waals surface area contributed by atoms with Gasteiger partial charge in [0, 0.05) is 44.0 Å². The van der Waals surface area contributed by atoms with E-state index < -0.39 is 5.82 Å². The maximum absolute atomic E-state index is 13.9. The summed E-state index contributed by atoms with van der Waals surface area (Å²) in [6.07, 6.45) is 7.68. The number of carbonyl (C=O) groups excluding carboxylic acids is 2. The number of halogens is 1. The largest absolute Gasteiger partial charge is 0.350 e. The lowest BCUT2D eigenvalue weighted by molar-refractivity contribution is -0.120. The van der Waals surface area contributed by atoms with Gasteiger partial charge in [0.15, 0.2) is 5.82 Å². The molecule has 2 aromatic heterocycles. The molecule has 2 aliphatic heterocycles. The van der Waals surface area contributed by atoms with E-state index in [2.05, 4.69) is 15.3 Å². The summed E-state index contributed by atoms with van der Waals surface area (Å²) in [5, 5.41) is 3.14. The van der Waals surface area contributed by atoms with Crippen molar-refractivity contribution in [3.63, 3.8) is 0 Å². The summed E-state index contributed by atoms with van der Waals surface area (Å²) < 4.78 is 13.9. The van der Waals surface area contributed by atoms with Crippen molar-refractivity contribution in [1.82, 2.24) is 20.2 Å². The Kier molecular flexibility index (Phi) is 4.14. The van der Waals surface area contributed by atoms with Crippen molar-refractivity contribution in [2.24, 2.45) is 0 Å². The highest BCUT2D eigenvalue weighted by Gasteiger charge is 2.49. The Morgan fingerprint density at radius 1 is 1.19 bits per heavy atom. The summed E-state index contributed by atoms with van der Waals surface area (Å²) in [4.78, 5) is 34.2. The van der Waals surface area contributed by atoms with Crippen LogP contribution in [0.5, 0.6) is 0 Å². The van der Waals surface area contributed by atoms with Crippen molar-refractivity contribution in [2.75, 3.05) is 13.1 Å². The van der Waals surface area contributed by atoms with Crippen LogP contribution in [0.2, 0.25) is 0 Å². The molecule has 2 amide bonds. The zero-order valence-corrected chi connectivity index (χ0v) is 14.2. The van der Waals surface area contributed by atoms with Crippen molar-refractivity contribution in [3.8, 4) is 0 Å². The molecule has 2 aliphatic rings. The maximum Gasteiger partial charge on any atom is 0.256 e. The molecule has 0 radical (unpaired) electrons. The highest BCUT2D eigenvalue weighted by atomic mass is 19.1. The Morgan fingerprint density at radius 2 is 1.96 bits per heavy atom. The van der Waals surface area contributed by atoms with Gasteiger partial charge >= 0.3 is 0 Å². The zero-order valence-electron chi connectivity index (χ0n) is 14.2. The molecule has 0 saturated carbocycles. The van der Waals surface area contributed by atoms with Gasteiger partial charge in [0.1, 0.15) is 0 Å². The second kappa shape index (κ2) is 6.48. The number of hydrogen-bond donors (Lipinski definition) is 1. The van der Waals surface area contributed by atoms with E-state index in [1.165, 1.54) is 12.3 Å². The normalized spacial score (nSPS) is 21.7. The van der Waals surface area contributed by atoms with Gasteiger partial charge in [0.05, 0.1) is 17.3 Å². The van der Waals surface area contributed by atoms with Gasteiger partial charge in [-0.15, -0.1) is 0 Å². The van der Waals surface area contributed by atoms with Gasteiger partial charge in [-0.1, -0.05) is 6.07 Å². The van der Waals surface area contributed by atoms with E-state index in [4.69, 9.17) is 0 Å². The van der Waals surface area contributed by atoms with E-state index in [1.807, 2.05) is 12.1 Å². The van der Waals surface area contributed by atoms with Crippen LogP contribution in [0.15, 0.2) is 43.0 Å². The maximum atomic E-state index is 13.9. The van der Waals surface area contributed by atoms with Crippen molar-refractivity contribution >= 4 is 11.8 Å². The van der Waals surface area contributed by atoms with Crippen molar-refractivity contribution < 1.29 is 14.0 Å². The lowest BCUT2D eigenvalue weighted by atomic mass is 9.74. The smallest absolute Gasteiger partial charge is 0.256 e. The minimum Gasteiger partial charge on any atom is -0.350 e. The zero-order chi connectivity index (χ0) is 18.1. The van der Waals surface area contributed by atoms with Gasteiger partial charge in [0.25, 0.3) is 5.91 Å². The SMILES string of the molecule is O=C1CC(c2cccnc2)C2(CCN(C(=O)c3ccncc3F)CC2)N1. The molecule has 1 spiro atoms. The molecule has 4 rings (SSSR count). The summed E-state index contributed by atoms with van der Waals surface area (Å²) in [6, 6.07) is 5.26. The summed E-state index contributed by atoms with van der Waals surface area (Å²) in [5.41, 5.74) is 0.703. The third-order valence-corrected chi connectivity index (χ3v) is 5.48. The standard InChI is InChI=1S/C19H19FN4O2/c20-16-12-22-7-3-14(16)18(26)24-8-4-19(5-9-24)15(10-17(25)23-19)13-2-1-6-21-11-13/h1-3,6-7,11-12,15H,4-5,8-10H2,(H,23,25). The fourth-order valence-electron chi connectivity index (χ4n) is 4.12. The monoisotopic (exact) mass is 354 g/mol. The number of pyridine rings is 2. The molecule has 6 nitrogen and oxygen atoms in total. The molecule has 1 N–H and O–H groups in total. The molecule has 2 aromatic rings. The second-order valence-electron chi connectivity index (χ2n) is 6.90. The summed E-state index contributed by atoms with van der Waals surface area (Å²) in [7, 11) is 0. The van der Waals surface area contributed by atoms with Gasteiger partial charge < -0.3 is 10.2 Å². The summed E-state index contributed by atoms with van der Waals surface area (Å²) in [5.74, 6) is -0.875. The molecule has 2 saturated heterocycles. The molecule has 7 heteroatoms. The third kappa shape index (κ3) is 2.83. The fourth-order valence-corrected chi connectivity index (χ4v) is 4.12. The first-order valence-electron chi connectivity index (χ1n) is 8.69. The lowest BCUT2D eigenvalue weighted by Crippen LogP contribution is -2.54. The number of carbonyl (C=O) groups is 2. The predicted molar refractivity (Wildman–Crippen MR) is 91.8 cm³/mol. The number of piperidine rings is 1. The van der Waals surface area contributed by atoms with E-state index in [9.17, 15) is 14.0 Å². The molecule has 0 bridgehead atoms. The van der Waals surface area contributed by atoms with Gasteiger partial charge in [-0.3, -0.25) is 19.6 Å². The highest BCUT2D eigenvalue weighted by Crippen LogP contribution is 2.43. The first-order chi connectivity index (χ1) is 12.6. The number of amides is 2. The highest BCUT2D eigenvalue weighted by molar-refractivity contribution is 5.94. The topological polar surface area (TPSA) is 75.2 Å². The van der Waals surface area contributed by atoms with Gasteiger partial charge in [-0.2, -0.15) is 0 Å². The van der Waals surface area contributed by atoms with Crippen LogP contribution in [-0.4, -0.2) is 45.3 Å². The Bertz CT molecular complexity index is 834. The molecule has 4 heterocycles. The Morgan fingerprint density at radius 3 is 2.65 bits per heavy atom. The number of likely N-dealkylation sites (tertiary alicyclic amines) is 1. The first kappa shape index (κ1) is 16.6. The van der Waals surface area contributed by atoms with Gasteiger partial charge in [0.2, 0.25) is 5.91 Å². The van der Waals surface area contributed by atoms with Crippen LogP contribution in [0.25, 0.3) is 0 Å². The van der Waals surface area contributed by atoms with Crippen molar-refractivity contribution in [1.29, 1.82) is 0 Å². The van der Waals surface area contributed by atoms with Crippen LogP contribution in [0.4, 0.5) is 4.39 Å². The van der Waals surface area contributed by atoms with Crippen LogP contribution in [-0.2, 0) is 4.79 Å². The summed E-state index contributed by atoms with van der Waals surface area (Å²) >= 11 is 0. The molecule has 134 valence electrons. The fraction of sp³-hybridized carbons (Fsp3) is 0.368. The molecule has 0 aromatic carbocycles. The van der Waals surface area contributed by atoms with E-state index in [0.29, 0.717) is 32.4 Å². The van der Waals surface area contributed by atoms with Crippen molar-refractivity contribution in [3.05, 3.63) is 59.9 Å². The number of nitrogens with zero attached hydrogens (tertiary/aromatic N) is 3. The average molecular weight is 354 g/mol. The number of hydrogen-bond acceptors (Lipinski definition) is 4. The van der Waals surface area contributed by atoms with E-state index >= 15 is 0 Å². The Labute approximate surface area is 150 Å². The van der Waals surface area contributed by atoms with Crippen LogP contribution in [0, 0.1) is 5.82 Å². The van der Waals surface area contributed by atoms with Gasteiger partial charge in [-0.05, 0) is 30.5 Å². The van der Waals surface area contributed by atoms with Crippen LogP contribution < -0.4 is 5.32 Å². The molecular weight excluding hydrogens is 335 g/mol. The van der Waals surface area contributed by atoms with Crippen molar-refractivity contribution in [2.45, 2.75) is 30.7 Å². The van der Waals surface area contributed by atoms with Crippen LogP contribution in [0.1, 0.15) is 41.1 Å². The molecule has 1 unspecified atom stereocenters. The van der Waals surface area contributed by atoms with E-state index in [0.717, 1.165) is 11.8 Å². The van der Waals surface area contributed by atoms with E-state index in [1.54, 1.807) is 17.3 Å². The summed E-state index contributed by atoms with van der Waals surface area (Å²) in [6.45, 7) is 0.940. The number of rotatable bonds is 2. The molecule has 1 atom stereocenters. The molecule has 2 fully saturated rings. The first-order valence-corrected chi connectivity index (χ1v) is 8.69. The van der Waals surface area contributed by atoms with Crippen LogP contribution in [0.3, 0.4) is 0 Å². The lowest BCUT2D eigenvalue weighted by Gasteiger charge is -2.42. The quantitative estimate of drug-likeness (QED) is 0.894. The second-order valence-corrected chi connectivity index (χ2v) is 6.90. The minimum absolute atomic E-state index is 0.0267. The molecule has 0 aliphatic carbocycles. The van der Waals surface area contributed by atoms with E-state index in [-0.39, 0.29) is 28.8 Å². The Hall–Kier alpha value is -2.83. The average Bonchev–Trinajstić information content (AvgIpc) is 2.98. The molecular formula is C19H19FN4O2. The predicted octanol–water partition coefficient (Wildman–Crippen LogP) is 1.89. The minimum atomic E-state index is -0.611. The molecule has 26 heavy (non-hydrogen) atoms. The number of nitrogens with one attached hydrogen (secondary N) is 1. The third-order valence-electron chi connectivity index (χ3n) is 5.48. The van der Waals surface area contributed by atoms with Crippen LogP contribution >= 0.6 is 0 Å². The number of aromatic nitrogens is 2.